The van der Waals surface area contributed by atoms with Crippen LogP contribution in [-0.2, 0) is 15.4 Å². The molecule has 1 aliphatic rings. The van der Waals surface area contributed by atoms with Crippen molar-refractivity contribution in [3.05, 3.63) is 35.7 Å². The minimum Gasteiger partial charge on any atom is -0.408 e. The minimum atomic E-state index is -3.50. The summed E-state index contributed by atoms with van der Waals surface area (Å²) in [6.45, 7) is 12.1. The molecule has 1 aromatic carbocycles. The summed E-state index contributed by atoms with van der Waals surface area (Å²) in [5.74, 6) is 0.767. The van der Waals surface area contributed by atoms with E-state index < -0.39 is 10.0 Å². The molecule has 0 atom stereocenters. The van der Waals surface area contributed by atoms with E-state index in [2.05, 4.69) is 31.0 Å². The summed E-state index contributed by atoms with van der Waals surface area (Å²) in [6.07, 6.45) is 0. The molecule has 0 spiro atoms. The zero-order chi connectivity index (χ0) is 19.8. The first kappa shape index (κ1) is 19.8. The van der Waals surface area contributed by atoms with Crippen LogP contribution in [0.1, 0.15) is 52.0 Å². The largest absolute Gasteiger partial charge is 0.408 e. The maximum absolute atomic E-state index is 12.9. The Kier molecular flexibility index (Phi) is 5.31. The molecular formula is C19H28N4O3S. The van der Waals surface area contributed by atoms with E-state index in [1.165, 1.54) is 4.31 Å². The van der Waals surface area contributed by atoms with Gasteiger partial charge in [-0.25, -0.2) is 8.42 Å². The zero-order valence-corrected chi connectivity index (χ0v) is 17.5. The second kappa shape index (κ2) is 7.24. The van der Waals surface area contributed by atoms with Crippen molar-refractivity contribution in [1.29, 1.82) is 0 Å². The predicted molar refractivity (Wildman–Crippen MR) is 105 cm³/mol. The van der Waals surface area contributed by atoms with E-state index in [-0.39, 0.29) is 11.3 Å². The van der Waals surface area contributed by atoms with Crippen LogP contribution in [0.25, 0.3) is 0 Å². The highest BCUT2D eigenvalue weighted by molar-refractivity contribution is 7.89. The van der Waals surface area contributed by atoms with Gasteiger partial charge in [-0.05, 0) is 23.1 Å². The summed E-state index contributed by atoms with van der Waals surface area (Å²) < 4.78 is 33.1. The molecule has 0 unspecified atom stereocenters. The monoisotopic (exact) mass is 392 g/mol. The minimum absolute atomic E-state index is 0.00711. The van der Waals surface area contributed by atoms with Crippen molar-refractivity contribution >= 4 is 16.0 Å². The smallest absolute Gasteiger partial charge is 0.318 e. The van der Waals surface area contributed by atoms with Crippen LogP contribution in [0.15, 0.2) is 33.6 Å². The van der Waals surface area contributed by atoms with Crippen molar-refractivity contribution in [1.82, 2.24) is 14.5 Å². The highest BCUT2D eigenvalue weighted by Crippen LogP contribution is 2.26. The van der Waals surface area contributed by atoms with Crippen LogP contribution in [0.3, 0.4) is 0 Å². The van der Waals surface area contributed by atoms with Crippen LogP contribution in [0.2, 0.25) is 0 Å². The number of piperazine rings is 1. The van der Waals surface area contributed by atoms with Crippen LogP contribution < -0.4 is 4.90 Å². The normalized spacial score (nSPS) is 16.9. The van der Waals surface area contributed by atoms with Gasteiger partial charge in [0.1, 0.15) is 0 Å². The first-order chi connectivity index (χ1) is 12.6. The van der Waals surface area contributed by atoms with Gasteiger partial charge in [-0.3, -0.25) is 0 Å². The molecular weight excluding hydrogens is 364 g/mol. The second-order valence-corrected chi connectivity index (χ2v) is 10.2. The van der Waals surface area contributed by atoms with E-state index >= 15 is 0 Å². The van der Waals surface area contributed by atoms with Crippen LogP contribution in [0.4, 0.5) is 6.01 Å². The van der Waals surface area contributed by atoms with Gasteiger partial charge in [0, 0.05) is 32.1 Å². The maximum Gasteiger partial charge on any atom is 0.318 e. The number of anilines is 1. The summed E-state index contributed by atoms with van der Waals surface area (Å²) in [6, 6.07) is 7.67. The lowest BCUT2D eigenvalue weighted by Crippen LogP contribution is -2.48. The quantitative estimate of drug-likeness (QED) is 0.796. The Morgan fingerprint density at radius 2 is 1.59 bits per heavy atom. The molecule has 0 amide bonds. The summed E-state index contributed by atoms with van der Waals surface area (Å²) in [5, 5.41) is 8.12. The average molecular weight is 393 g/mol. The molecule has 148 valence electrons. The molecule has 7 nitrogen and oxygen atoms in total. The Bertz CT molecular complexity index is 874. The van der Waals surface area contributed by atoms with Gasteiger partial charge >= 0.3 is 6.01 Å². The van der Waals surface area contributed by atoms with Gasteiger partial charge in [-0.15, -0.1) is 5.10 Å². The van der Waals surface area contributed by atoms with Gasteiger partial charge in [-0.2, -0.15) is 4.31 Å². The van der Waals surface area contributed by atoms with Crippen LogP contribution in [-0.4, -0.2) is 49.1 Å². The number of hydrogen-bond acceptors (Lipinski definition) is 6. The Labute approximate surface area is 161 Å². The van der Waals surface area contributed by atoms with Crippen LogP contribution in [0.5, 0.6) is 0 Å². The summed E-state index contributed by atoms with van der Waals surface area (Å²) >= 11 is 0. The Hall–Kier alpha value is -1.93. The molecule has 1 aliphatic heterocycles. The molecule has 2 aromatic rings. The Morgan fingerprint density at radius 1 is 1.00 bits per heavy atom. The Morgan fingerprint density at radius 3 is 2.07 bits per heavy atom. The van der Waals surface area contributed by atoms with Crippen LogP contribution in [0, 0.1) is 0 Å². The molecule has 0 aliphatic carbocycles. The number of sulfonamides is 1. The number of rotatable bonds is 4. The van der Waals surface area contributed by atoms with Crippen molar-refractivity contribution in [3.63, 3.8) is 0 Å². The molecule has 1 saturated heterocycles. The van der Waals surface area contributed by atoms with Gasteiger partial charge in [-0.1, -0.05) is 51.9 Å². The van der Waals surface area contributed by atoms with Gasteiger partial charge in [0.05, 0.1) is 4.90 Å². The summed E-state index contributed by atoms with van der Waals surface area (Å²) in [4.78, 5) is 2.27. The highest BCUT2D eigenvalue weighted by Gasteiger charge is 2.30. The molecule has 0 saturated carbocycles. The van der Waals surface area contributed by atoms with E-state index in [4.69, 9.17) is 4.42 Å². The molecule has 2 heterocycles. The highest BCUT2D eigenvalue weighted by atomic mass is 32.2. The van der Waals surface area contributed by atoms with E-state index in [1.54, 1.807) is 12.1 Å². The fraction of sp³-hybridized carbons (Fsp3) is 0.579. The fourth-order valence-electron chi connectivity index (χ4n) is 2.98. The molecule has 27 heavy (non-hydrogen) atoms. The topological polar surface area (TPSA) is 79.5 Å². The molecule has 0 N–H and O–H groups in total. The number of hydrogen-bond donors (Lipinski definition) is 0. The average Bonchev–Trinajstić information content (AvgIpc) is 3.12. The number of nitrogens with zero attached hydrogens (tertiary/aromatic N) is 4. The molecule has 8 heteroatoms. The van der Waals surface area contributed by atoms with E-state index in [0.717, 1.165) is 5.56 Å². The van der Waals surface area contributed by atoms with Gasteiger partial charge < -0.3 is 9.32 Å². The van der Waals surface area contributed by atoms with Crippen molar-refractivity contribution < 1.29 is 12.8 Å². The molecule has 1 fully saturated rings. The van der Waals surface area contributed by atoms with E-state index in [0.29, 0.717) is 43.0 Å². The number of aromatic nitrogens is 2. The van der Waals surface area contributed by atoms with Gasteiger partial charge in [0.15, 0.2) is 0 Å². The lowest BCUT2D eigenvalue weighted by atomic mass is 9.87. The first-order valence-corrected chi connectivity index (χ1v) is 10.7. The standard InChI is InChI=1S/C19H28N4O3S/c1-14(2)17-20-21-18(26-17)22-10-12-23(13-11-22)27(24,25)16-8-6-15(7-9-16)19(3,4)5/h6-9,14H,10-13H2,1-5H3. The van der Waals surface area contributed by atoms with Crippen molar-refractivity contribution in [2.45, 2.75) is 50.8 Å². The molecule has 1 aromatic heterocycles. The van der Waals surface area contributed by atoms with E-state index in [9.17, 15) is 8.42 Å². The van der Waals surface area contributed by atoms with Crippen LogP contribution >= 0.6 is 0 Å². The molecule has 0 radical (unpaired) electrons. The third-order valence-corrected chi connectivity index (χ3v) is 6.70. The third-order valence-electron chi connectivity index (χ3n) is 4.79. The van der Waals surface area contributed by atoms with Crippen molar-refractivity contribution in [3.8, 4) is 0 Å². The van der Waals surface area contributed by atoms with E-state index in [1.807, 2.05) is 30.9 Å². The maximum atomic E-state index is 12.9. The molecule has 0 bridgehead atoms. The van der Waals surface area contributed by atoms with Crippen molar-refractivity contribution in [2.24, 2.45) is 0 Å². The SMILES string of the molecule is CC(C)c1nnc(N2CCN(S(=O)(=O)c3ccc(C(C)(C)C)cc3)CC2)o1. The zero-order valence-electron chi connectivity index (χ0n) is 16.6. The number of benzene rings is 1. The lowest BCUT2D eigenvalue weighted by Gasteiger charge is -2.32. The second-order valence-electron chi connectivity index (χ2n) is 8.24. The summed E-state index contributed by atoms with van der Waals surface area (Å²) in [7, 11) is -3.50. The molecule has 3 rings (SSSR count). The Balaban J connectivity index is 1.69. The third kappa shape index (κ3) is 4.16. The van der Waals surface area contributed by atoms with Gasteiger partial charge in [0.2, 0.25) is 15.9 Å². The lowest BCUT2D eigenvalue weighted by molar-refractivity contribution is 0.367. The fourth-order valence-corrected chi connectivity index (χ4v) is 4.41. The predicted octanol–water partition coefficient (Wildman–Crippen LogP) is 3.00. The van der Waals surface area contributed by atoms with Gasteiger partial charge in [0.25, 0.3) is 0 Å². The summed E-state index contributed by atoms with van der Waals surface area (Å²) in [5.41, 5.74) is 1.11. The first-order valence-electron chi connectivity index (χ1n) is 9.28. The van der Waals surface area contributed by atoms with Crippen molar-refractivity contribution in [2.75, 3.05) is 31.1 Å².